The van der Waals surface area contributed by atoms with E-state index < -0.39 is 0 Å². The Balaban J connectivity index is 1.81. The largest absolute Gasteiger partial charge is 0.383 e. The minimum atomic E-state index is -0.196. The summed E-state index contributed by atoms with van der Waals surface area (Å²) in [7, 11) is 0. The molecular formula is C24H27N3O. The molecule has 0 radical (unpaired) electrons. The number of pyridine rings is 1. The van der Waals surface area contributed by atoms with Crippen molar-refractivity contribution in [1.29, 1.82) is 0 Å². The van der Waals surface area contributed by atoms with Crippen LogP contribution in [0.5, 0.6) is 0 Å². The topological polar surface area (TPSA) is 54.0 Å². The number of rotatable bonds is 7. The van der Waals surface area contributed by atoms with Crippen molar-refractivity contribution in [1.82, 2.24) is 10.3 Å². The third-order valence-electron chi connectivity index (χ3n) is 4.49. The third-order valence-corrected chi connectivity index (χ3v) is 4.49. The summed E-state index contributed by atoms with van der Waals surface area (Å²) in [5.41, 5.74) is 4.81. The predicted octanol–water partition coefficient (Wildman–Crippen LogP) is 4.92. The van der Waals surface area contributed by atoms with E-state index >= 15 is 0 Å². The molecule has 28 heavy (non-hydrogen) atoms. The van der Waals surface area contributed by atoms with Crippen LogP contribution in [0.2, 0.25) is 0 Å². The van der Waals surface area contributed by atoms with Gasteiger partial charge in [0.1, 0.15) is 0 Å². The summed E-state index contributed by atoms with van der Waals surface area (Å²) in [4.78, 5) is 17.4. The second-order valence-corrected chi connectivity index (χ2v) is 7.35. The molecule has 3 aromatic rings. The third kappa shape index (κ3) is 5.43. The van der Waals surface area contributed by atoms with Crippen molar-refractivity contribution >= 4 is 11.6 Å². The lowest BCUT2D eigenvalue weighted by Gasteiger charge is -2.19. The van der Waals surface area contributed by atoms with Gasteiger partial charge in [0.15, 0.2) is 0 Å². The molecule has 1 aromatic heterocycles. The number of hydrogen-bond acceptors (Lipinski definition) is 3. The average Bonchev–Trinajstić information content (AvgIpc) is 2.69. The second-order valence-electron chi connectivity index (χ2n) is 7.35. The highest BCUT2D eigenvalue weighted by Crippen LogP contribution is 2.19. The maximum absolute atomic E-state index is 12.9. The van der Waals surface area contributed by atoms with Gasteiger partial charge in [-0.25, -0.2) is 0 Å². The molecule has 0 saturated carbocycles. The molecule has 1 amide bonds. The molecule has 0 aliphatic carbocycles. The summed E-state index contributed by atoms with van der Waals surface area (Å²) < 4.78 is 0. The lowest BCUT2D eigenvalue weighted by atomic mass is 10.0. The number of amides is 1. The zero-order valence-electron chi connectivity index (χ0n) is 16.6. The van der Waals surface area contributed by atoms with E-state index in [1.165, 1.54) is 5.56 Å². The van der Waals surface area contributed by atoms with Gasteiger partial charge in [0.2, 0.25) is 0 Å². The molecule has 0 spiro atoms. The molecule has 3 rings (SSSR count). The Labute approximate surface area is 167 Å². The van der Waals surface area contributed by atoms with Crippen LogP contribution < -0.4 is 10.6 Å². The van der Waals surface area contributed by atoms with Gasteiger partial charge in [0.05, 0.1) is 11.7 Å². The number of carbonyl (C=O) groups is 1. The Morgan fingerprint density at radius 3 is 2.46 bits per heavy atom. The van der Waals surface area contributed by atoms with Gasteiger partial charge in [-0.15, -0.1) is 0 Å². The van der Waals surface area contributed by atoms with Crippen LogP contribution in [0.1, 0.15) is 47.1 Å². The lowest BCUT2D eigenvalue weighted by molar-refractivity contribution is 0.0935. The number of nitrogens with one attached hydrogen (secondary N) is 2. The molecule has 0 fully saturated rings. The van der Waals surface area contributed by atoms with E-state index in [2.05, 4.69) is 60.7 Å². The summed E-state index contributed by atoms with van der Waals surface area (Å²) in [6.07, 6.45) is 2.45. The summed E-state index contributed by atoms with van der Waals surface area (Å²) in [5.74, 6) is -0.102. The van der Waals surface area contributed by atoms with Crippen LogP contribution in [-0.4, -0.2) is 16.9 Å². The molecule has 0 saturated heterocycles. The zero-order chi connectivity index (χ0) is 19.9. The summed E-state index contributed by atoms with van der Waals surface area (Å²) in [5, 5.41) is 6.50. The molecule has 1 heterocycles. The number of hydrogen-bond donors (Lipinski definition) is 2. The van der Waals surface area contributed by atoms with Crippen LogP contribution in [0.15, 0.2) is 72.9 Å². The lowest BCUT2D eigenvalue weighted by Crippen LogP contribution is -2.30. The number of nitrogens with zero attached hydrogens (tertiary/aromatic N) is 1. The van der Waals surface area contributed by atoms with Crippen LogP contribution in [0.4, 0.5) is 5.69 Å². The first-order valence-electron chi connectivity index (χ1n) is 9.65. The molecule has 144 valence electrons. The van der Waals surface area contributed by atoms with E-state index in [4.69, 9.17) is 0 Å². The minimum Gasteiger partial charge on any atom is -0.383 e. The van der Waals surface area contributed by atoms with Crippen molar-refractivity contribution in [3.8, 4) is 0 Å². The molecule has 1 atom stereocenters. The Kier molecular flexibility index (Phi) is 6.43. The quantitative estimate of drug-likeness (QED) is 0.618. The zero-order valence-corrected chi connectivity index (χ0v) is 16.6. The number of aryl methyl sites for hydroxylation is 1. The predicted molar refractivity (Wildman–Crippen MR) is 115 cm³/mol. The SMILES string of the molecule is Cc1ccc(CC(NC(=O)c2cccc(NC(C)C)c2)c2ccccn2)cc1. The van der Waals surface area contributed by atoms with Crippen molar-refractivity contribution in [2.24, 2.45) is 0 Å². The van der Waals surface area contributed by atoms with Crippen molar-refractivity contribution in [2.45, 2.75) is 39.3 Å². The van der Waals surface area contributed by atoms with Crippen molar-refractivity contribution in [2.75, 3.05) is 5.32 Å². The van der Waals surface area contributed by atoms with Crippen LogP contribution in [-0.2, 0) is 6.42 Å². The number of benzene rings is 2. The molecular weight excluding hydrogens is 346 g/mol. The first kappa shape index (κ1) is 19.6. The summed E-state index contributed by atoms with van der Waals surface area (Å²) >= 11 is 0. The molecule has 2 N–H and O–H groups in total. The highest BCUT2D eigenvalue weighted by atomic mass is 16.1. The first-order chi connectivity index (χ1) is 13.5. The number of anilines is 1. The second kappa shape index (κ2) is 9.18. The van der Waals surface area contributed by atoms with E-state index in [0.29, 0.717) is 18.0 Å². The van der Waals surface area contributed by atoms with Crippen molar-refractivity contribution in [3.63, 3.8) is 0 Å². The molecule has 0 aliphatic rings. The van der Waals surface area contributed by atoms with Gasteiger partial charge in [0, 0.05) is 23.5 Å². The maximum Gasteiger partial charge on any atom is 0.251 e. The average molecular weight is 374 g/mol. The van der Waals surface area contributed by atoms with Crippen LogP contribution in [0, 0.1) is 6.92 Å². The number of carbonyl (C=O) groups excluding carboxylic acids is 1. The van der Waals surface area contributed by atoms with Gasteiger partial charge in [-0.05, 0) is 63.1 Å². The standard InChI is InChI=1S/C24H27N3O/c1-17(2)26-21-8-6-7-20(16-21)24(28)27-23(22-9-4-5-14-25-22)15-19-12-10-18(3)11-13-19/h4-14,16-17,23,26H,15H2,1-3H3,(H,27,28). The van der Waals surface area contributed by atoms with Gasteiger partial charge >= 0.3 is 0 Å². The Hall–Kier alpha value is -3.14. The molecule has 0 bridgehead atoms. The molecule has 1 unspecified atom stereocenters. The Morgan fingerprint density at radius 1 is 1.00 bits per heavy atom. The van der Waals surface area contributed by atoms with E-state index in [1.807, 2.05) is 42.5 Å². The van der Waals surface area contributed by atoms with Crippen molar-refractivity contribution in [3.05, 3.63) is 95.3 Å². The fraction of sp³-hybridized carbons (Fsp3) is 0.250. The molecule has 2 aromatic carbocycles. The molecule has 0 aliphatic heterocycles. The number of aromatic nitrogens is 1. The van der Waals surface area contributed by atoms with Crippen LogP contribution in [0.3, 0.4) is 0 Å². The monoisotopic (exact) mass is 373 g/mol. The van der Waals surface area contributed by atoms with E-state index in [0.717, 1.165) is 16.9 Å². The fourth-order valence-corrected chi connectivity index (χ4v) is 3.10. The first-order valence-corrected chi connectivity index (χ1v) is 9.65. The Bertz CT molecular complexity index is 905. The summed E-state index contributed by atoms with van der Waals surface area (Å²) in [6, 6.07) is 21.9. The van der Waals surface area contributed by atoms with Gasteiger partial charge < -0.3 is 10.6 Å². The van der Waals surface area contributed by atoms with E-state index in [9.17, 15) is 4.79 Å². The van der Waals surface area contributed by atoms with Crippen LogP contribution in [0.25, 0.3) is 0 Å². The minimum absolute atomic E-state index is 0.102. The smallest absolute Gasteiger partial charge is 0.251 e. The molecule has 4 nitrogen and oxygen atoms in total. The highest BCUT2D eigenvalue weighted by molar-refractivity contribution is 5.95. The van der Waals surface area contributed by atoms with Gasteiger partial charge in [-0.3, -0.25) is 9.78 Å². The van der Waals surface area contributed by atoms with Crippen LogP contribution >= 0.6 is 0 Å². The van der Waals surface area contributed by atoms with Gasteiger partial charge in [-0.1, -0.05) is 42.0 Å². The van der Waals surface area contributed by atoms with Gasteiger partial charge in [0.25, 0.3) is 5.91 Å². The summed E-state index contributed by atoms with van der Waals surface area (Å²) in [6.45, 7) is 6.22. The normalized spacial score (nSPS) is 11.9. The molecule has 4 heteroatoms. The van der Waals surface area contributed by atoms with E-state index in [1.54, 1.807) is 6.20 Å². The maximum atomic E-state index is 12.9. The van der Waals surface area contributed by atoms with E-state index in [-0.39, 0.29) is 11.9 Å². The Morgan fingerprint density at radius 2 is 1.79 bits per heavy atom. The highest BCUT2D eigenvalue weighted by Gasteiger charge is 2.18. The van der Waals surface area contributed by atoms with Crippen molar-refractivity contribution < 1.29 is 4.79 Å². The van der Waals surface area contributed by atoms with Gasteiger partial charge in [-0.2, -0.15) is 0 Å². The fourth-order valence-electron chi connectivity index (χ4n) is 3.10.